The number of hydrogen-bond acceptors (Lipinski definition) is 3. The van der Waals surface area contributed by atoms with Gasteiger partial charge in [0.1, 0.15) is 11.4 Å². The second kappa shape index (κ2) is 7.85. The highest BCUT2D eigenvalue weighted by atomic mass is 16.6. The maximum absolute atomic E-state index is 6.27. The summed E-state index contributed by atoms with van der Waals surface area (Å²) in [5, 5.41) is 0. The number of aromatic nitrogens is 2. The largest absolute Gasteiger partial charge is 0.376 e. The van der Waals surface area contributed by atoms with Gasteiger partial charge in [0, 0.05) is 31.8 Å². The summed E-state index contributed by atoms with van der Waals surface area (Å²) in [6.07, 6.45) is 5.48. The van der Waals surface area contributed by atoms with Crippen molar-refractivity contribution in [3.8, 4) is 0 Å². The number of nitrogens with zero attached hydrogens (tertiary/aromatic N) is 2. The number of hydrogen-bond donors (Lipinski definition) is 0. The molecule has 0 radical (unpaired) electrons. The predicted octanol–water partition coefficient (Wildman–Crippen LogP) is 3.50. The molecule has 0 spiro atoms. The summed E-state index contributed by atoms with van der Waals surface area (Å²) in [5.41, 5.74) is 2.17. The summed E-state index contributed by atoms with van der Waals surface area (Å²) in [6, 6.07) is 21.0. The van der Waals surface area contributed by atoms with Gasteiger partial charge in [-0.3, -0.25) is 0 Å². The van der Waals surface area contributed by atoms with E-state index in [2.05, 4.69) is 58.1 Å². The van der Waals surface area contributed by atoms with Crippen molar-refractivity contribution >= 4 is 0 Å². The van der Waals surface area contributed by atoms with Gasteiger partial charge in [0.25, 0.3) is 0 Å². The van der Waals surface area contributed by atoms with Crippen molar-refractivity contribution < 1.29 is 9.47 Å². The molecule has 134 valence electrons. The molecule has 1 aliphatic heterocycles. The lowest BCUT2D eigenvalue weighted by atomic mass is 9.90. The summed E-state index contributed by atoms with van der Waals surface area (Å²) in [7, 11) is 0. The van der Waals surface area contributed by atoms with Crippen molar-refractivity contribution in [3.63, 3.8) is 0 Å². The zero-order valence-electron chi connectivity index (χ0n) is 14.9. The molecule has 2 aromatic carbocycles. The Kier molecular flexibility index (Phi) is 5.14. The maximum atomic E-state index is 6.27. The zero-order valence-corrected chi connectivity index (χ0v) is 14.9. The molecule has 1 saturated heterocycles. The van der Waals surface area contributed by atoms with E-state index >= 15 is 0 Å². The van der Waals surface area contributed by atoms with E-state index in [1.807, 2.05) is 24.5 Å². The first-order valence-electron chi connectivity index (χ1n) is 9.13. The van der Waals surface area contributed by atoms with Gasteiger partial charge < -0.3 is 14.0 Å². The lowest BCUT2D eigenvalue weighted by Gasteiger charge is -2.37. The van der Waals surface area contributed by atoms with Crippen molar-refractivity contribution in [1.29, 1.82) is 0 Å². The molecule has 4 rings (SSSR count). The lowest BCUT2D eigenvalue weighted by molar-refractivity contribution is -0.157. The first-order valence-corrected chi connectivity index (χ1v) is 9.13. The summed E-state index contributed by atoms with van der Waals surface area (Å²) in [6.45, 7) is 2.71. The van der Waals surface area contributed by atoms with Crippen LogP contribution in [0.5, 0.6) is 0 Å². The Labute approximate surface area is 154 Å². The smallest absolute Gasteiger partial charge is 0.111 e. The van der Waals surface area contributed by atoms with Crippen LogP contribution in [-0.4, -0.2) is 35.0 Å². The summed E-state index contributed by atoms with van der Waals surface area (Å²) >= 11 is 0. The third kappa shape index (κ3) is 4.03. The van der Waals surface area contributed by atoms with E-state index < -0.39 is 0 Å². The molecular weight excluding hydrogens is 324 g/mol. The Morgan fingerprint density at radius 2 is 1.62 bits per heavy atom. The highest BCUT2D eigenvalue weighted by molar-refractivity contribution is 5.19. The Bertz CT molecular complexity index is 808. The molecular formula is C22H24N2O2. The lowest BCUT2D eigenvalue weighted by Crippen LogP contribution is -2.47. The molecule has 0 aliphatic carbocycles. The molecule has 0 bridgehead atoms. The van der Waals surface area contributed by atoms with Crippen molar-refractivity contribution in [2.75, 3.05) is 19.8 Å². The molecule has 1 unspecified atom stereocenters. The Balaban J connectivity index is 1.56. The van der Waals surface area contributed by atoms with Crippen LogP contribution in [0.15, 0.2) is 73.1 Å². The van der Waals surface area contributed by atoms with Crippen molar-refractivity contribution in [3.05, 3.63) is 90.0 Å². The molecule has 3 aromatic rings. The first-order chi connectivity index (χ1) is 12.8. The molecule has 4 heteroatoms. The summed E-state index contributed by atoms with van der Waals surface area (Å²) in [5.74, 6) is 1.04. The molecule has 2 heterocycles. The first kappa shape index (κ1) is 17.0. The third-order valence-electron chi connectivity index (χ3n) is 4.85. The van der Waals surface area contributed by atoms with Gasteiger partial charge in [0.2, 0.25) is 0 Å². The molecule has 26 heavy (non-hydrogen) atoms. The quantitative estimate of drug-likeness (QED) is 0.684. The van der Waals surface area contributed by atoms with Crippen molar-refractivity contribution in [1.82, 2.24) is 9.55 Å². The normalized spacial score (nSPS) is 20.2. The molecule has 0 amide bonds. The van der Waals surface area contributed by atoms with Crippen molar-refractivity contribution in [2.24, 2.45) is 0 Å². The van der Waals surface area contributed by atoms with E-state index in [1.165, 1.54) is 11.1 Å². The third-order valence-corrected chi connectivity index (χ3v) is 4.85. The molecule has 4 nitrogen and oxygen atoms in total. The number of ether oxygens (including phenoxy) is 2. The van der Waals surface area contributed by atoms with Crippen LogP contribution in [-0.2, 0) is 28.9 Å². The molecule has 1 fully saturated rings. The summed E-state index contributed by atoms with van der Waals surface area (Å²) < 4.78 is 14.3. The van der Waals surface area contributed by atoms with Gasteiger partial charge in [0.05, 0.1) is 19.8 Å². The number of imidazole rings is 1. The fourth-order valence-electron chi connectivity index (χ4n) is 3.57. The topological polar surface area (TPSA) is 36.3 Å². The minimum Gasteiger partial charge on any atom is -0.376 e. The summed E-state index contributed by atoms with van der Waals surface area (Å²) in [4.78, 5) is 4.62. The zero-order chi connectivity index (χ0) is 17.7. The molecule has 1 aliphatic rings. The second-order valence-electron chi connectivity index (χ2n) is 6.88. The van der Waals surface area contributed by atoms with Gasteiger partial charge in [-0.05, 0) is 11.1 Å². The number of benzene rings is 2. The van der Waals surface area contributed by atoms with Crippen LogP contribution in [0.2, 0.25) is 0 Å². The molecule has 0 saturated carbocycles. The SMILES string of the molecule is c1ccc(Cn2ccnc2CC2(Cc3ccccc3)COCCO2)cc1. The van der Waals surface area contributed by atoms with Gasteiger partial charge in [-0.15, -0.1) is 0 Å². The van der Waals surface area contributed by atoms with Gasteiger partial charge in [0.15, 0.2) is 0 Å². The van der Waals surface area contributed by atoms with Crippen LogP contribution < -0.4 is 0 Å². The van der Waals surface area contributed by atoms with Gasteiger partial charge in [-0.1, -0.05) is 60.7 Å². The highest BCUT2D eigenvalue weighted by Crippen LogP contribution is 2.26. The number of rotatable bonds is 6. The van der Waals surface area contributed by atoms with E-state index in [9.17, 15) is 0 Å². The van der Waals surface area contributed by atoms with E-state index in [4.69, 9.17) is 9.47 Å². The average Bonchev–Trinajstić information content (AvgIpc) is 3.10. The minimum absolute atomic E-state index is 0.362. The molecule has 1 aromatic heterocycles. The predicted molar refractivity (Wildman–Crippen MR) is 101 cm³/mol. The van der Waals surface area contributed by atoms with Crippen LogP contribution >= 0.6 is 0 Å². The van der Waals surface area contributed by atoms with E-state index in [1.54, 1.807) is 0 Å². The molecule has 0 N–H and O–H groups in total. The fourth-order valence-corrected chi connectivity index (χ4v) is 3.57. The standard InChI is InChI=1S/C22H24N2O2/c1-3-7-19(8-4-1)15-22(18-25-13-14-26-22)16-21-23-11-12-24(21)17-20-9-5-2-6-10-20/h1-12H,13-18H2. The fraction of sp³-hybridized carbons (Fsp3) is 0.318. The van der Waals surface area contributed by atoms with E-state index in [-0.39, 0.29) is 5.60 Å². The van der Waals surface area contributed by atoms with Gasteiger partial charge >= 0.3 is 0 Å². The van der Waals surface area contributed by atoms with Crippen molar-refractivity contribution in [2.45, 2.75) is 25.0 Å². The van der Waals surface area contributed by atoms with Gasteiger partial charge in [-0.2, -0.15) is 0 Å². The van der Waals surface area contributed by atoms with Crippen LogP contribution in [0.3, 0.4) is 0 Å². The Morgan fingerprint density at radius 3 is 2.31 bits per heavy atom. The van der Waals surface area contributed by atoms with Crippen LogP contribution in [0, 0.1) is 0 Å². The monoisotopic (exact) mass is 348 g/mol. The maximum Gasteiger partial charge on any atom is 0.111 e. The van der Waals surface area contributed by atoms with E-state index in [0.717, 1.165) is 25.2 Å². The van der Waals surface area contributed by atoms with Gasteiger partial charge in [-0.25, -0.2) is 4.98 Å². The van der Waals surface area contributed by atoms with Crippen LogP contribution in [0.4, 0.5) is 0 Å². The second-order valence-corrected chi connectivity index (χ2v) is 6.88. The van der Waals surface area contributed by atoms with E-state index in [0.29, 0.717) is 19.8 Å². The Hall–Kier alpha value is -2.43. The highest BCUT2D eigenvalue weighted by Gasteiger charge is 2.36. The molecule has 1 atom stereocenters. The minimum atomic E-state index is -0.362. The Morgan fingerprint density at radius 1 is 0.885 bits per heavy atom. The van der Waals surface area contributed by atoms with Crippen LogP contribution in [0.1, 0.15) is 17.0 Å². The average molecular weight is 348 g/mol. The van der Waals surface area contributed by atoms with Crippen LogP contribution in [0.25, 0.3) is 0 Å².